The van der Waals surface area contributed by atoms with Crippen LogP contribution in [0.15, 0.2) is 94.1 Å². The van der Waals surface area contributed by atoms with E-state index in [1.165, 1.54) is 35.2 Å². The van der Waals surface area contributed by atoms with Crippen LogP contribution >= 0.6 is 0 Å². The normalized spacial score (nSPS) is 12.4. The third kappa shape index (κ3) is 9.08. The van der Waals surface area contributed by atoms with Crippen LogP contribution in [0.2, 0.25) is 0 Å². The number of urea groups is 1. The van der Waals surface area contributed by atoms with Gasteiger partial charge in [-0.05, 0) is 73.0 Å². The van der Waals surface area contributed by atoms with Crippen LogP contribution in [0.4, 0.5) is 16.2 Å². The van der Waals surface area contributed by atoms with E-state index in [0.29, 0.717) is 78.0 Å². The van der Waals surface area contributed by atoms with Gasteiger partial charge in [0.15, 0.2) is 5.43 Å². The van der Waals surface area contributed by atoms with Crippen LogP contribution in [0.25, 0.3) is 44.2 Å². The molecule has 0 saturated heterocycles. The lowest BCUT2D eigenvalue weighted by atomic mass is 9.90. The number of amides is 4. The molecule has 0 unspecified atom stereocenters. The number of fused-ring (bicyclic) bond motifs is 2. The zero-order chi connectivity index (χ0) is 42.2. The number of rotatable bonds is 19. The van der Waals surface area contributed by atoms with Gasteiger partial charge in [-0.3, -0.25) is 19.3 Å². The minimum Gasteiger partial charge on any atom is -0.508 e. The number of phenolic OH excluding ortho intramolecular Hbond substituents is 1. The number of ether oxygens (including phenoxy) is 2. The quantitative estimate of drug-likeness (QED) is 0.0293. The van der Waals surface area contributed by atoms with Gasteiger partial charge in [0, 0.05) is 81.6 Å². The Labute approximate surface area is 344 Å². The fourth-order valence-electron chi connectivity index (χ4n) is 7.43. The van der Waals surface area contributed by atoms with Crippen molar-refractivity contribution in [1.82, 2.24) is 10.2 Å². The molecule has 7 rings (SSSR count). The van der Waals surface area contributed by atoms with Crippen LogP contribution in [0.3, 0.4) is 0 Å². The van der Waals surface area contributed by atoms with Gasteiger partial charge >= 0.3 is 12.0 Å². The number of carboxylic acid groups (broad SMARTS) is 1. The largest absolute Gasteiger partial charge is 0.508 e. The highest BCUT2D eigenvalue weighted by atomic mass is 16.5. The van der Waals surface area contributed by atoms with Crippen molar-refractivity contribution >= 4 is 56.9 Å². The monoisotopic (exact) mass is 815 g/mol. The van der Waals surface area contributed by atoms with Gasteiger partial charge in [0.1, 0.15) is 17.1 Å². The van der Waals surface area contributed by atoms with Gasteiger partial charge in [-0.2, -0.15) is 0 Å². The number of hydrogen-bond donors (Lipinski definition) is 6. The van der Waals surface area contributed by atoms with Crippen molar-refractivity contribution in [3.8, 4) is 28.2 Å². The first-order chi connectivity index (χ1) is 29.1. The summed E-state index contributed by atoms with van der Waals surface area (Å²) in [6.07, 6.45) is 3.31. The van der Waals surface area contributed by atoms with Crippen LogP contribution in [0.5, 0.6) is 5.75 Å². The molecule has 1 aliphatic carbocycles. The average Bonchev–Trinajstić information content (AvgIpc) is 3.23. The highest BCUT2D eigenvalue weighted by Gasteiger charge is 2.33. The molecule has 0 spiro atoms. The number of nitrogens with one attached hydrogen (secondary N) is 3. The van der Waals surface area contributed by atoms with Crippen molar-refractivity contribution in [3.63, 3.8) is 0 Å². The Morgan fingerprint density at radius 2 is 1.47 bits per heavy atom. The molecule has 2 aliphatic heterocycles. The second-order valence-electron chi connectivity index (χ2n) is 14.3. The molecule has 310 valence electrons. The summed E-state index contributed by atoms with van der Waals surface area (Å²) in [4.78, 5) is 65.4. The van der Waals surface area contributed by atoms with E-state index in [4.69, 9.17) is 19.6 Å². The molecule has 7 N–H and O–H groups in total. The number of anilines is 2. The van der Waals surface area contributed by atoms with E-state index in [0.717, 1.165) is 36.8 Å². The first kappa shape index (κ1) is 41.4. The second kappa shape index (κ2) is 18.8. The number of carbonyl (C=O) groups excluding carboxylic acids is 3. The molecule has 15 heteroatoms. The maximum absolute atomic E-state index is 13.4. The summed E-state index contributed by atoms with van der Waals surface area (Å²) in [5.41, 5.74) is 8.76. The van der Waals surface area contributed by atoms with Gasteiger partial charge < -0.3 is 45.8 Å². The highest BCUT2D eigenvalue weighted by Crippen LogP contribution is 2.42. The van der Waals surface area contributed by atoms with E-state index in [-0.39, 0.29) is 58.7 Å². The number of carboxylic acids is 1. The van der Waals surface area contributed by atoms with Crippen LogP contribution in [0.1, 0.15) is 56.8 Å². The maximum Gasteiger partial charge on any atom is 0.336 e. The summed E-state index contributed by atoms with van der Waals surface area (Å²) in [5, 5.41) is 31.3. The molecular weight excluding hydrogens is 771 g/mol. The Hall–Kier alpha value is -6.81. The molecule has 3 aliphatic rings. The van der Waals surface area contributed by atoms with E-state index in [2.05, 4.69) is 16.0 Å². The van der Waals surface area contributed by atoms with Crippen LogP contribution in [0, 0.1) is 0 Å². The molecule has 4 aromatic rings. The summed E-state index contributed by atoms with van der Waals surface area (Å²) in [6.45, 7) is 3.01. The topological polar surface area (TPSA) is 223 Å². The fraction of sp³-hybridized carbons (Fsp3) is 0.267. The number of carbonyl (C=O) groups is 4. The van der Waals surface area contributed by atoms with Gasteiger partial charge in [-0.1, -0.05) is 31.0 Å². The van der Waals surface area contributed by atoms with Crippen molar-refractivity contribution < 1.29 is 43.3 Å². The van der Waals surface area contributed by atoms with Crippen molar-refractivity contribution in [1.29, 1.82) is 0 Å². The molecule has 0 aromatic heterocycles. The SMILES string of the molecule is NCCOCCOCCN1C(=O)c2cccc3c(NCCCCCCNC(=O)Nc4ccc(-c5c6ccc(=O)cc-6oc6cc(O)ccc56)c(C(=O)O)c4)ccc(c23)C1=O. The Balaban J connectivity index is 0.885. The summed E-state index contributed by atoms with van der Waals surface area (Å²) in [6, 6.07) is 21.9. The predicted molar refractivity (Wildman–Crippen MR) is 227 cm³/mol. The summed E-state index contributed by atoms with van der Waals surface area (Å²) < 4.78 is 16.7. The molecule has 0 atom stereocenters. The van der Waals surface area contributed by atoms with Crippen molar-refractivity contribution in [2.75, 3.05) is 63.2 Å². The van der Waals surface area contributed by atoms with Crippen LogP contribution in [-0.2, 0) is 9.47 Å². The lowest BCUT2D eigenvalue weighted by Crippen LogP contribution is -2.42. The molecule has 4 amide bonds. The Morgan fingerprint density at radius 1 is 0.733 bits per heavy atom. The minimum atomic E-state index is -1.22. The molecule has 0 saturated carbocycles. The number of unbranched alkanes of at least 4 members (excludes halogenated alkanes) is 3. The van der Waals surface area contributed by atoms with E-state index in [1.54, 1.807) is 36.4 Å². The predicted octanol–water partition coefficient (Wildman–Crippen LogP) is 6.50. The number of phenols is 1. The smallest absolute Gasteiger partial charge is 0.336 e. The van der Waals surface area contributed by atoms with Crippen LogP contribution in [-0.4, -0.2) is 91.5 Å². The average molecular weight is 816 g/mol. The number of benzene rings is 5. The number of aromatic carboxylic acids is 1. The number of imide groups is 1. The molecule has 15 nitrogen and oxygen atoms in total. The van der Waals surface area contributed by atoms with Crippen molar-refractivity contribution in [2.24, 2.45) is 5.73 Å². The Bertz CT molecular complexity index is 2580. The molecule has 0 radical (unpaired) electrons. The maximum atomic E-state index is 13.4. The van der Waals surface area contributed by atoms with E-state index >= 15 is 0 Å². The first-order valence-electron chi connectivity index (χ1n) is 19.8. The van der Waals surface area contributed by atoms with E-state index in [1.807, 2.05) is 18.2 Å². The number of nitrogens with zero attached hydrogens (tertiary/aromatic N) is 1. The third-order valence-corrected chi connectivity index (χ3v) is 10.2. The molecule has 60 heavy (non-hydrogen) atoms. The van der Waals surface area contributed by atoms with E-state index in [9.17, 15) is 34.2 Å². The Kier molecular flexibility index (Phi) is 13.0. The van der Waals surface area contributed by atoms with Crippen molar-refractivity contribution in [3.05, 3.63) is 112 Å². The summed E-state index contributed by atoms with van der Waals surface area (Å²) in [7, 11) is 0. The zero-order valence-electron chi connectivity index (χ0n) is 32.8. The fourth-order valence-corrected chi connectivity index (χ4v) is 7.43. The second-order valence-corrected chi connectivity index (χ2v) is 14.3. The van der Waals surface area contributed by atoms with Gasteiger partial charge in [0.2, 0.25) is 0 Å². The first-order valence-corrected chi connectivity index (χ1v) is 19.8. The van der Waals surface area contributed by atoms with Crippen molar-refractivity contribution in [2.45, 2.75) is 25.7 Å². The molecule has 2 heterocycles. The third-order valence-electron chi connectivity index (χ3n) is 10.2. The molecular formula is C45H45N5O10. The highest BCUT2D eigenvalue weighted by molar-refractivity contribution is 6.26. The van der Waals surface area contributed by atoms with Crippen LogP contribution < -0.4 is 27.1 Å². The molecule has 0 bridgehead atoms. The number of aromatic hydroxyl groups is 1. The van der Waals surface area contributed by atoms with Gasteiger partial charge in [0.25, 0.3) is 11.8 Å². The number of hydrogen-bond acceptors (Lipinski definition) is 11. The molecule has 0 fully saturated rings. The van der Waals surface area contributed by atoms with E-state index < -0.39 is 12.0 Å². The lowest BCUT2D eigenvalue weighted by Gasteiger charge is -2.27. The number of nitrogens with two attached hydrogens (primary N) is 1. The summed E-state index contributed by atoms with van der Waals surface area (Å²) >= 11 is 0. The van der Waals surface area contributed by atoms with Gasteiger partial charge in [0.05, 0.1) is 38.5 Å². The standard InChI is InChI=1S/C45H45N5O10/c46-16-20-58-22-23-59-21-19-50-42(53)34-7-5-6-31-37(15-14-35(41(31)34)43(50)54)47-17-3-1-2-4-18-48-45(57)49-27-8-11-30(36(24-27)44(55)56)40-32-12-9-28(51)25-38(32)60-39-26-29(52)10-13-33(39)40/h5-15,24-26,47,51H,1-4,16-23,46H2,(H,55,56)(H2,48,49,57). The molecule has 4 aromatic carbocycles. The lowest BCUT2D eigenvalue weighted by molar-refractivity contribution is 0.0353. The van der Waals surface area contributed by atoms with Gasteiger partial charge in [-0.25, -0.2) is 9.59 Å². The Morgan fingerprint density at radius 3 is 2.25 bits per heavy atom. The minimum absolute atomic E-state index is 0.0513. The summed E-state index contributed by atoms with van der Waals surface area (Å²) in [5.74, 6) is -1.73. The zero-order valence-corrected chi connectivity index (χ0v) is 32.8. The van der Waals surface area contributed by atoms with Gasteiger partial charge in [-0.15, -0.1) is 0 Å².